The number of aliphatic hydroxyl groups excluding tert-OH is 1. The second kappa shape index (κ2) is 11.9. The zero-order valence-electron chi connectivity index (χ0n) is 19.0. The molecule has 1 heterocycles. The third-order valence-corrected chi connectivity index (χ3v) is 6.76. The topological polar surface area (TPSA) is 158 Å². The van der Waals surface area contributed by atoms with Gasteiger partial charge in [-0.05, 0) is 19.3 Å². The molecule has 3 atom stereocenters. The summed E-state index contributed by atoms with van der Waals surface area (Å²) in [7, 11) is 0. The molecule has 38 heavy (non-hydrogen) atoms. The van der Waals surface area contributed by atoms with E-state index in [1.54, 1.807) is 0 Å². The van der Waals surface area contributed by atoms with E-state index in [1.165, 1.54) is 0 Å². The SMILES string of the molecule is C#CCn1c(=O)n(NC2CC(O)CC(Cl)C2)c(=O)c2c(CF)c(CSOOO)c([N+](=O)[O-])c(C(F)(F)F)c21. The maximum absolute atomic E-state index is 14.4. The van der Waals surface area contributed by atoms with Crippen LogP contribution in [0.4, 0.5) is 23.2 Å². The number of nitrogens with one attached hydrogen (secondary N) is 1. The minimum Gasteiger partial charge on any atom is -0.393 e. The largest absolute Gasteiger partial charge is 0.425 e. The summed E-state index contributed by atoms with van der Waals surface area (Å²) < 4.78 is 62.2. The van der Waals surface area contributed by atoms with Crippen molar-refractivity contribution in [2.45, 2.75) is 61.9 Å². The van der Waals surface area contributed by atoms with Crippen LogP contribution >= 0.6 is 23.6 Å². The Hall–Kier alpha value is -2.88. The maximum atomic E-state index is 14.4. The van der Waals surface area contributed by atoms with Crippen LogP contribution in [0.15, 0.2) is 9.59 Å². The number of aliphatic hydroxyl groups is 1. The van der Waals surface area contributed by atoms with Crippen LogP contribution in [0.5, 0.6) is 0 Å². The number of benzene rings is 1. The number of alkyl halides is 5. The van der Waals surface area contributed by atoms with Crippen LogP contribution < -0.4 is 16.7 Å². The summed E-state index contributed by atoms with van der Waals surface area (Å²) >= 11 is 6.17. The summed E-state index contributed by atoms with van der Waals surface area (Å²) in [5.41, 5.74) is -6.96. The average molecular weight is 587 g/mol. The number of aromatic nitrogens is 2. The number of rotatable bonds is 9. The zero-order chi connectivity index (χ0) is 28.4. The molecule has 208 valence electrons. The lowest BCUT2D eigenvalue weighted by atomic mass is 9.93. The summed E-state index contributed by atoms with van der Waals surface area (Å²) in [6, 6.07) is -0.789. The van der Waals surface area contributed by atoms with Crippen LogP contribution in [0.2, 0.25) is 0 Å². The van der Waals surface area contributed by atoms with Crippen LogP contribution in [-0.2, 0) is 34.5 Å². The van der Waals surface area contributed by atoms with E-state index in [2.05, 4.69) is 14.8 Å². The molecule has 0 saturated heterocycles. The molecule has 1 aliphatic carbocycles. The smallest absolute Gasteiger partial charge is 0.393 e. The summed E-state index contributed by atoms with van der Waals surface area (Å²) in [6.07, 6.45) is -0.778. The lowest BCUT2D eigenvalue weighted by molar-refractivity contribution is -0.432. The molecule has 0 aliphatic heterocycles. The molecule has 0 spiro atoms. The lowest BCUT2D eigenvalue weighted by Crippen LogP contribution is -2.50. The molecule has 1 aromatic heterocycles. The Morgan fingerprint density at radius 3 is 2.50 bits per heavy atom. The molecule has 0 radical (unpaired) electrons. The van der Waals surface area contributed by atoms with Gasteiger partial charge >= 0.3 is 11.9 Å². The lowest BCUT2D eigenvalue weighted by Gasteiger charge is -2.31. The van der Waals surface area contributed by atoms with Gasteiger partial charge in [-0.25, -0.2) is 14.4 Å². The van der Waals surface area contributed by atoms with Crippen molar-refractivity contribution in [3.63, 3.8) is 0 Å². The molecule has 3 rings (SSSR count). The number of hydrogen-bond acceptors (Lipinski definition) is 10. The predicted octanol–water partition coefficient (Wildman–Crippen LogP) is 2.83. The van der Waals surface area contributed by atoms with Crippen molar-refractivity contribution in [1.82, 2.24) is 9.24 Å². The number of nitro groups is 1. The van der Waals surface area contributed by atoms with E-state index in [4.69, 9.17) is 23.3 Å². The zero-order valence-corrected chi connectivity index (χ0v) is 20.6. The fourth-order valence-corrected chi connectivity index (χ4v) is 5.42. The molecule has 0 amide bonds. The summed E-state index contributed by atoms with van der Waals surface area (Å²) in [5, 5.41) is 32.0. The molecule has 1 fully saturated rings. The minimum atomic E-state index is -5.52. The van der Waals surface area contributed by atoms with Crippen LogP contribution in [0, 0.1) is 22.5 Å². The van der Waals surface area contributed by atoms with Crippen molar-refractivity contribution in [2.75, 3.05) is 5.43 Å². The van der Waals surface area contributed by atoms with Crippen molar-refractivity contribution >= 4 is 40.2 Å². The number of terminal acetylenes is 1. The van der Waals surface area contributed by atoms with Gasteiger partial charge in [-0.3, -0.25) is 19.5 Å². The summed E-state index contributed by atoms with van der Waals surface area (Å²) in [6.45, 7) is -2.54. The highest BCUT2D eigenvalue weighted by Crippen LogP contribution is 2.45. The van der Waals surface area contributed by atoms with Crippen molar-refractivity contribution in [1.29, 1.82) is 0 Å². The van der Waals surface area contributed by atoms with Crippen LogP contribution in [-0.4, -0.2) is 42.1 Å². The molecule has 1 aliphatic rings. The second-order valence-corrected chi connectivity index (χ2v) is 9.47. The first-order chi connectivity index (χ1) is 17.9. The third-order valence-electron chi connectivity index (χ3n) is 5.84. The van der Waals surface area contributed by atoms with Gasteiger partial charge in [0.15, 0.2) is 5.56 Å². The van der Waals surface area contributed by atoms with E-state index < -0.39 is 92.1 Å². The normalized spacial score (nSPS) is 19.9. The molecular weight excluding hydrogens is 568 g/mol. The van der Waals surface area contributed by atoms with Crippen molar-refractivity contribution in [2.24, 2.45) is 0 Å². The quantitative estimate of drug-likeness (QED) is 0.0583. The van der Waals surface area contributed by atoms with E-state index in [1.807, 2.05) is 5.92 Å². The Morgan fingerprint density at radius 1 is 1.29 bits per heavy atom. The summed E-state index contributed by atoms with van der Waals surface area (Å²) in [5.74, 6) is 1.09. The standard InChI is InChI=1S/C20H19ClF4N4O8S/c1-2-3-27-17-14(18(31)28(19(27)32)26-10-4-9(21)5-11(30)6-10)12(7-22)13(8-38-37-36-35)16(29(33)34)15(17)20(23,24)25/h1,9-11,26,30,35H,3-8H2. The third kappa shape index (κ3) is 5.75. The average Bonchev–Trinajstić information content (AvgIpc) is 2.82. The number of hydrogen-bond donors (Lipinski definition) is 3. The maximum Gasteiger partial charge on any atom is 0.425 e. The van der Waals surface area contributed by atoms with Gasteiger partial charge < -0.3 is 10.5 Å². The van der Waals surface area contributed by atoms with Gasteiger partial charge in [0, 0.05) is 34.6 Å². The number of fused-ring (bicyclic) bond motifs is 1. The Labute approximate surface area is 219 Å². The Morgan fingerprint density at radius 2 is 1.97 bits per heavy atom. The minimum absolute atomic E-state index is 0.0205. The first kappa shape index (κ1) is 29.7. The molecule has 3 N–H and O–H groups in total. The van der Waals surface area contributed by atoms with Crippen molar-refractivity contribution in [3.05, 3.63) is 47.6 Å². The van der Waals surface area contributed by atoms with E-state index in [9.17, 15) is 42.4 Å². The van der Waals surface area contributed by atoms with Crippen molar-refractivity contribution < 1.29 is 42.2 Å². The molecule has 12 nitrogen and oxygen atoms in total. The van der Waals surface area contributed by atoms with Gasteiger partial charge in [0.05, 0.1) is 34.2 Å². The van der Waals surface area contributed by atoms with E-state index >= 15 is 0 Å². The monoisotopic (exact) mass is 586 g/mol. The Balaban J connectivity index is 2.51. The molecule has 0 bridgehead atoms. The fraction of sp³-hybridized carbons (Fsp3) is 0.500. The number of halogens is 5. The second-order valence-electron chi connectivity index (χ2n) is 8.20. The van der Waals surface area contributed by atoms with Gasteiger partial charge in [0.2, 0.25) is 0 Å². The van der Waals surface area contributed by atoms with E-state index in [0.29, 0.717) is 9.24 Å². The van der Waals surface area contributed by atoms with Gasteiger partial charge in [-0.15, -0.1) is 22.4 Å². The highest BCUT2D eigenvalue weighted by atomic mass is 35.5. The van der Waals surface area contributed by atoms with Gasteiger partial charge in [0.25, 0.3) is 11.2 Å². The molecule has 3 unspecified atom stereocenters. The number of nitro benzene ring substituents is 1. The Kier molecular flexibility index (Phi) is 9.28. The molecular formula is C20H19ClF4N4O8S. The highest BCUT2D eigenvalue weighted by molar-refractivity contribution is 7.93. The first-order valence-electron chi connectivity index (χ1n) is 10.6. The van der Waals surface area contributed by atoms with Crippen molar-refractivity contribution in [3.8, 4) is 12.3 Å². The summed E-state index contributed by atoms with van der Waals surface area (Å²) in [4.78, 5) is 37.2. The fourth-order valence-electron chi connectivity index (χ4n) is 4.48. The predicted molar refractivity (Wildman–Crippen MR) is 127 cm³/mol. The van der Waals surface area contributed by atoms with Crippen LogP contribution in [0.1, 0.15) is 36.0 Å². The van der Waals surface area contributed by atoms with E-state index in [0.717, 1.165) is 0 Å². The molecule has 1 saturated carbocycles. The molecule has 1 aromatic carbocycles. The number of nitrogens with zero attached hydrogens (tertiary/aromatic N) is 3. The van der Waals surface area contributed by atoms with Gasteiger partial charge in [-0.2, -0.15) is 17.8 Å². The molecule has 18 heteroatoms. The van der Waals surface area contributed by atoms with E-state index in [-0.39, 0.29) is 31.3 Å². The molecule has 2 aromatic rings. The Bertz CT molecular complexity index is 1380. The van der Waals surface area contributed by atoms with Gasteiger partial charge in [-0.1, -0.05) is 11.0 Å². The highest BCUT2D eigenvalue weighted by Gasteiger charge is 2.45. The van der Waals surface area contributed by atoms with Crippen LogP contribution in [0.25, 0.3) is 10.9 Å². The first-order valence-corrected chi connectivity index (χ1v) is 12.0. The van der Waals surface area contributed by atoms with Gasteiger partial charge in [0.1, 0.15) is 6.67 Å². The van der Waals surface area contributed by atoms with Crippen LogP contribution in [0.3, 0.4) is 0 Å².